The van der Waals surface area contributed by atoms with Crippen LogP contribution < -0.4 is 0 Å². The first-order valence-electron chi connectivity index (χ1n) is 9.45. The number of rotatable bonds is 12. The second kappa shape index (κ2) is 11.2. The number of hydrogen-bond acceptors (Lipinski definition) is 3. The lowest BCUT2D eigenvalue weighted by atomic mass is 9.88. The molecule has 1 unspecified atom stereocenters. The molecule has 0 saturated heterocycles. The first kappa shape index (κ1) is 20.7. The Labute approximate surface area is 147 Å². The van der Waals surface area contributed by atoms with E-state index in [1.54, 1.807) is 12.1 Å². The van der Waals surface area contributed by atoms with Gasteiger partial charge in [0.25, 0.3) is 0 Å². The number of hydrogen-bond donors (Lipinski definition) is 1. The lowest BCUT2D eigenvalue weighted by molar-refractivity contribution is -0.168. The molecule has 0 fully saturated rings. The molecule has 0 aliphatic rings. The molecule has 1 rings (SSSR count). The predicted octanol–water partition coefficient (Wildman–Crippen LogP) is 5.21. The third-order valence-corrected chi connectivity index (χ3v) is 4.39. The zero-order valence-corrected chi connectivity index (χ0v) is 15.6. The van der Waals surface area contributed by atoms with Crippen LogP contribution in [0.3, 0.4) is 0 Å². The molecule has 24 heavy (non-hydrogen) atoms. The zero-order chi connectivity index (χ0) is 17.8. The van der Waals surface area contributed by atoms with Crippen molar-refractivity contribution >= 4 is 5.97 Å². The van der Waals surface area contributed by atoms with Crippen molar-refractivity contribution in [1.82, 2.24) is 0 Å². The van der Waals surface area contributed by atoms with Crippen LogP contribution in [0.25, 0.3) is 0 Å². The molecule has 3 nitrogen and oxygen atoms in total. The Bertz CT molecular complexity index is 455. The third-order valence-electron chi connectivity index (χ3n) is 4.39. The van der Waals surface area contributed by atoms with Gasteiger partial charge in [-0.2, -0.15) is 0 Å². The van der Waals surface area contributed by atoms with Gasteiger partial charge in [-0.1, -0.05) is 83.2 Å². The Morgan fingerprint density at radius 3 is 2.42 bits per heavy atom. The van der Waals surface area contributed by atoms with Gasteiger partial charge in [0.05, 0.1) is 6.61 Å². The average Bonchev–Trinajstić information content (AvgIpc) is 2.58. The molecule has 1 aromatic carbocycles. The molecule has 1 atom stereocenters. The van der Waals surface area contributed by atoms with Gasteiger partial charge in [0, 0.05) is 0 Å². The van der Waals surface area contributed by atoms with E-state index in [9.17, 15) is 9.90 Å². The summed E-state index contributed by atoms with van der Waals surface area (Å²) in [5.41, 5.74) is -0.889. The highest BCUT2D eigenvalue weighted by atomic mass is 16.5. The standard InChI is InChI=1S/C21H34O3/c1-4-5-11-16-21(23,19-14-9-6-10-15-19)20(22)24-17-12-7-8-13-18(2)3/h6,9-10,14-15,18,23H,4-5,7-8,11-13,16-17H2,1-3H3. The summed E-state index contributed by atoms with van der Waals surface area (Å²) in [6.45, 7) is 6.93. The van der Waals surface area contributed by atoms with Crippen LogP contribution in [0.2, 0.25) is 0 Å². The maximum Gasteiger partial charge on any atom is 0.342 e. The van der Waals surface area contributed by atoms with E-state index in [1.165, 1.54) is 6.42 Å². The SMILES string of the molecule is CCCCCC(O)(C(=O)OCCCCCC(C)C)c1ccccc1. The molecule has 0 radical (unpaired) electrons. The Morgan fingerprint density at radius 1 is 1.08 bits per heavy atom. The van der Waals surface area contributed by atoms with Crippen molar-refractivity contribution in [1.29, 1.82) is 0 Å². The molecule has 0 aromatic heterocycles. The van der Waals surface area contributed by atoms with Crippen molar-refractivity contribution in [2.24, 2.45) is 5.92 Å². The van der Waals surface area contributed by atoms with Gasteiger partial charge in [0.15, 0.2) is 5.60 Å². The molecule has 1 N–H and O–H groups in total. The summed E-state index contributed by atoms with van der Waals surface area (Å²) in [5.74, 6) is 0.211. The Hall–Kier alpha value is -1.35. The van der Waals surface area contributed by atoms with Crippen LogP contribution in [0.5, 0.6) is 0 Å². The fourth-order valence-electron chi connectivity index (χ4n) is 2.82. The van der Waals surface area contributed by atoms with Gasteiger partial charge in [-0.15, -0.1) is 0 Å². The van der Waals surface area contributed by atoms with Gasteiger partial charge in [-0.25, -0.2) is 4.79 Å². The van der Waals surface area contributed by atoms with Crippen LogP contribution in [0.15, 0.2) is 30.3 Å². The largest absolute Gasteiger partial charge is 0.463 e. The van der Waals surface area contributed by atoms with Crippen LogP contribution in [-0.4, -0.2) is 17.7 Å². The van der Waals surface area contributed by atoms with Gasteiger partial charge in [-0.05, 0) is 30.7 Å². The van der Waals surface area contributed by atoms with Crippen molar-refractivity contribution in [2.45, 2.75) is 77.7 Å². The highest BCUT2D eigenvalue weighted by molar-refractivity contribution is 5.81. The maximum absolute atomic E-state index is 12.5. The van der Waals surface area contributed by atoms with E-state index in [0.29, 0.717) is 24.5 Å². The topological polar surface area (TPSA) is 46.5 Å². The normalized spacial score (nSPS) is 13.7. The minimum atomic E-state index is -1.52. The summed E-state index contributed by atoms with van der Waals surface area (Å²) in [4.78, 5) is 12.5. The summed E-state index contributed by atoms with van der Waals surface area (Å²) in [6, 6.07) is 9.18. The second-order valence-corrected chi connectivity index (χ2v) is 7.06. The van der Waals surface area contributed by atoms with E-state index < -0.39 is 11.6 Å². The molecule has 0 saturated carbocycles. The van der Waals surface area contributed by atoms with E-state index in [0.717, 1.165) is 38.5 Å². The van der Waals surface area contributed by atoms with Gasteiger partial charge < -0.3 is 9.84 Å². The van der Waals surface area contributed by atoms with Crippen molar-refractivity contribution in [3.63, 3.8) is 0 Å². The summed E-state index contributed by atoms with van der Waals surface area (Å²) in [7, 11) is 0. The summed E-state index contributed by atoms with van der Waals surface area (Å²) >= 11 is 0. The predicted molar refractivity (Wildman–Crippen MR) is 98.7 cm³/mol. The first-order chi connectivity index (χ1) is 11.5. The maximum atomic E-state index is 12.5. The molecule has 0 amide bonds. The number of carbonyl (C=O) groups is 1. The van der Waals surface area contributed by atoms with Gasteiger partial charge in [0.1, 0.15) is 0 Å². The number of unbranched alkanes of at least 4 members (excludes halogenated alkanes) is 4. The molecule has 1 aromatic rings. The smallest absolute Gasteiger partial charge is 0.342 e. The highest BCUT2D eigenvalue weighted by Crippen LogP contribution is 2.29. The minimum Gasteiger partial charge on any atom is -0.463 e. The van der Waals surface area contributed by atoms with Crippen molar-refractivity contribution in [2.75, 3.05) is 6.61 Å². The minimum absolute atomic E-state index is 0.389. The van der Waals surface area contributed by atoms with Crippen LogP contribution in [0.4, 0.5) is 0 Å². The van der Waals surface area contributed by atoms with E-state index in [-0.39, 0.29) is 0 Å². The number of benzene rings is 1. The molecular formula is C21H34O3. The Kier molecular flexibility index (Phi) is 9.70. The summed E-state index contributed by atoms with van der Waals surface area (Å²) < 4.78 is 5.41. The zero-order valence-electron chi connectivity index (χ0n) is 15.6. The number of carbonyl (C=O) groups excluding carboxylic acids is 1. The molecule has 136 valence electrons. The molecule has 0 heterocycles. The quantitative estimate of drug-likeness (QED) is 0.421. The summed E-state index contributed by atoms with van der Waals surface area (Å²) in [5, 5.41) is 11.0. The number of ether oxygens (including phenoxy) is 1. The molecule has 0 bridgehead atoms. The summed E-state index contributed by atoms with van der Waals surface area (Å²) in [6.07, 6.45) is 7.56. The van der Waals surface area contributed by atoms with Gasteiger partial charge >= 0.3 is 5.97 Å². The second-order valence-electron chi connectivity index (χ2n) is 7.06. The van der Waals surface area contributed by atoms with E-state index in [2.05, 4.69) is 20.8 Å². The number of aliphatic hydroxyl groups is 1. The van der Waals surface area contributed by atoms with Crippen LogP contribution in [0.1, 0.15) is 77.7 Å². The van der Waals surface area contributed by atoms with Crippen LogP contribution in [0, 0.1) is 5.92 Å². The fourth-order valence-corrected chi connectivity index (χ4v) is 2.82. The van der Waals surface area contributed by atoms with E-state index in [1.807, 2.05) is 18.2 Å². The fraction of sp³-hybridized carbons (Fsp3) is 0.667. The Balaban J connectivity index is 2.55. The molecule has 3 heteroatoms. The molecular weight excluding hydrogens is 300 g/mol. The highest BCUT2D eigenvalue weighted by Gasteiger charge is 2.38. The number of esters is 1. The van der Waals surface area contributed by atoms with E-state index in [4.69, 9.17) is 4.74 Å². The molecule has 0 aliphatic carbocycles. The third kappa shape index (κ3) is 7.04. The van der Waals surface area contributed by atoms with Crippen LogP contribution in [-0.2, 0) is 15.1 Å². The van der Waals surface area contributed by atoms with Gasteiger partial charge in [0.2, 0.25) is 0 Å². The molecule has 0 spiro atoms. The monoisotopic (exact) mass is 334 g/mol. The molecule has 0 aliphatic heterocycles. The van der Waals surface area contributed by atoms with Gasteiger partial charge in [-0.3, -0.25) is 0 Å². The van der Waals surface area contributed by atoms with Crippen molar-refractivity contribution in [3.05, 3.63) is 35.9 Å². The van der Waals surface area contributed by atoms with Crippen LogP contribution >= 0.6 is 0 Å². The lowest BCUT2D eigenvalue weighted by Crippen LogP contribution is -2.37. The average molecular weight is 334 g/mol. The van der Waals surface area contributed by atoms with E-state index >= 15 is 0 Å². The lowest BCUT2D eigenvalue weighted by Gasteiger charge is -2.26. The van der Waals surface area contributed by atoms with Crippen molar-refractivity contribution < 1.29 is 14.6 Å². The first-order valence-corrected chi connectivity index (χ1v) is 9.45. The Morgan fingerprint density at radius 2 is 1.79 bits per heavy atom. The van der Waals surface area contributed by atoms with Crippen molar-refractivity contribution in [3.8, 4) is 0 Å².